The highest BCUT2D eigenvalue weighted by molar-refractivity contribution is 5.97. The molecule has 0 radical (unpaired) electrons. The average Bonchev–Trinajstić information content (AvgIpc) is 3.44. The number of furan rings is 1. The first-order valence-electron chi connectivity index (χ1n) is 10.5. The Morgan fingerprint density at radius 1 is 0.967 bits per heavy atom. The third-order valence-electron chi connectivity index (χ3n) is 6.05. The van der Waals surface area contributed by atoms with Crippen molar-refractivity contribution < 1.29 is 13.6 Å². The predicted octanol–water partition coefficient (Wildman–Crippen LogP) is 6.21. The number of rotatable bonds is 4. The molecule has 2 aromatic heterocycles. The van der Waals surface area contributed by atoms with Crippen LogP contribution in [0.25, 0.3) is 33.4 Å². The fourth-order valence-electron chi connectivity index (χ4n) is 4.30. The van der Waals surface area contributed by atoms with Gasteiger partial charge >= 0.3 is 0 Å². The normalized spacial score (nSPS) is 15.9. The predicted molar refractivity (Wildman–Crippen MR) is 116 cm³/mol. The second kappa shape index (κ2) is 7.48. The van der Waals surface area contributed by atoms with Gasteiger partial charge in [-0.25, -0.2) is 4.98 Å². The third kappa shape index (κ3) is 3.63. The van der Waals surface area contributed by atoms with Gasteiger partial charge in [-0.05, 0) is 43.0 Å². The molecule has 152 valence electrons. The molecule has 1 amide bonds. The maximum absolute atomic E-state index is 12.8. The lowest BCUT2D eigenvalue weighted by molar-refractivity contribution is 0.0856. The summed E-state index contributed by atoms with van der Waals surface area (Å²) in [4.78, 5) is 16.7. The van der Waals surface area contributed by atoms with Gasteiger partial charge in [0.2, 0.25) is 0 Å². The van der Waals surface area contributed by atoms with Gasteiger partial charge in [-0.1, -0.05) is 55.7 Å². The van der Waals surface area contributed by atoms with E-state index < -0.39 is 0 Å². The number of carbonyl (C=O) groups excluding carboxylic acids is 1. The molecule has 5 nitrogen and oxygen atoms in total. The van der Waals surface area contributed by atoms with Gasteiger partial charge in [-0.2, -0.15) is 0 Å². The maximum atomic E-state index is 12.8. The Kier molecular flexibility index (Phi) is 4.66. The minimum atomic E-state index is -0.134. The van der Waals surface area contributed by atoms with E-state index >= 15 is 0 Å². The molecule has 0 atom stereocenters. The molecule has 2 aromatic carbocycles. The highest BCUT2D eigenvalue weighted by Gasteiger charge is 2.29. The van der Waals surface area contributed by atoms with Gasteiger partial charge in [0, 0.05) is 16.5 Å². The number of nitrogens with one attached hydrogen (secondary N) is 1. The lowest BCUT2D eigenvalue weighted by atomic mass is 9.83. The molecule has 0 saturated heterocycles. The number of carbonyl (C=O) groups is 1. The van der Waals surface area contributed by atoms with Crippen LogP contribution in [0.5, 0.6) is 0 Å². The van der Waals surface area contributed by atoms with Gasteiger partial charge in [0.25, 0.3) is 5.91 Å². The summed E-state index contributed by atoms with van der Waals surface area (Å²) < 4.78 is 11.3. The van der Waals surface area contributed by atoms with E-state index in [1.165, 1.54) is 12.8 Å². The molecule has 1 saturated carbocycles. The Balaban J connectivity index is 1.38. The number of oxazole rings is 1. The van der Waals surface area contributed by atoms with Crippen molar-refractivity contribution in [3.8, 4) is 22.5 Å². The highest BCUT2D eigenvalue weighted by atomic mass is 16.3. The second-order valence-electron chi connectivity index (χ2n) is 8.38. The lowest BCUT2D eigenvalue weighted by Gasteiger charge is -2.34. The summed E-state index contributed by atoms with van der Waals surface area (Å²) in [6, 6.07) is 15.9. The molecule has 1 N–H and O–H groups in total. The van der Waals surface area contributed by atoms with Gasteiger partial charge in [-0.3, -0.25) is 4.79 Å². The fraction of sp³-hybridized carbons (Fsp3) is 0.280. The Bertz CT molecular complexity index is 1170. The molecule has 1 fully saturated rings. The first kappa shape index (κ1) is 18.7. The van der Waals surface area contributed by atoms with Crippen molar-refractivity contribution in [1.29, 1.82) is 0 Å². The molecule has 1 aliphatic carbocycles. The van der Waals surface area contributed by atoms with Gasteiger partial charge in [0.15, 0.2) is 17.9 Å². The first-order valence-corrected chi connectivity index (χ1v) is 10.5. The summed E-state index contributed by atoms with van der Waals surface area (Å²) in [6.07, 6.45) is 8.74. The second-order valence-corrected chi connectivity index (χ2v) is 8.38. The molecular weight excluding hydrogens is 376 g/mol. The summed E-state index contributed by atoms with van der Waals surface area (Å²) >= 11 is 0. The quantitative estimate of drug-likeness (QED) is 0.442. The molecule has 5 heteroatoms. The summed E-state index contributed by atoms with van der Waals surface area (Å²) in [5.74, 6) is 0.980. The van der Waals surface area contributed by atoms with E-state index in [1.54, 1.807) is 6.20 Å². The number of amides is 1. The molecule has 1 aliphatic rings. The van der Waals surface area contributed by atoms with Crippen LogP contribution in [-0.4, -0.2) is 16.4 Å². The molecule has 0 bridgehead atoms. The molecule has 4 aromatic rings. The first-order chi connectivity index (χ1) is 14.6. The van der Waals surface area contributed by atoms with Gasteiger partial charge < -0.3 is 14.2 Å². The monoisotopic (exact) mass is 400 g/mol. The SMILES string of the molecule is CC1(NC(=O)c2cc3ccc(-c4ccc(-c5cnco5)cc4)cc3o2)CCCCC1. The number of fused-ring (bicyclic) bond motifs is 1. The fourth-order valence-corrected chi connectivity index (χ4v) is 4.30. The van der Waals surface area contributed by atoms with Crippen molar-refractivity contribution >= 4 is 16.9 Å². The summed E-state index contributed by atoms with van der Waals surface area (Å²) in [6.45, 7) is 2.13. The molecule has 5 rings (SSSR count). The minimum Gasteiger partial charge on any atom is -0.451 e. The van der Waals surface area contributed by atoms with Crippen LogP contribution in [0.4, 0.5) is 0 Å². The molecule has 0 aliphatic heterocycles. The van der Waals surface area contributed by atoms with Crippen LogP contribution in [0.2, 0.25) is 0 Å². The van der Waals surface area contributed by atoms with E-state index in [4.69, 9.17) is 8.83 Å². The number of aromatic nitrogens is 1. The van der Waals surface area contributed by atoms with Crippen molar-refractivity contribution in [2.45, 2.75) is 44.6 Å². The van der Waals surface area contributed by atoms with Gasteiger partial charge in [-0.15, -0.1) is 0 Å². The molecule has 0 spiro atoms. The summed E-state index contributed by atoms with van der Waals surface area (Å²) in [5, 5.41) is 4.12. The number of hydrogen-bond donors (Lipinski definition) is 1. The Hall–Kier alpha value is -3.34. The maximum Gasteiger partial charge on any atom is 0.287 e. The topological polar surface area (TPSA) is 68.3 Å². The van der Waals surface area contributed by atoms with E-state index in [-0.39, 0.29) is 11.4 Å². The van der Waals surface area contributed by atoms with Crippen molar-refractivity contribution in [3.05, 3.63) is 66.9 Å². The van der Waals surface area contributed by atoms with Crippen LogP contribution in [0.15, 0.2) is 70.0 Å². The van der Waals surface area contributed by atoms with Crippen LogP contribution in [0, 0.1) is 0 Å². The zero-order chi connectivity index (χ0) is 20.6. The Morgan fingerprint density at radius 3 is 2.43 bits per heavy atom. The van der Waals surface area contributed by atoms with Crippen LogP contribution in [0.1, 0.15) is 49.6 Å². The number of nitrogens with zero attached hydrogens (tertiary/aromatic N) is 1. The molecule has 0 unspecified atom stereocenters. The molecule has 30 heavy (non-hydrogen) atoms. The Morgan fingerprint density at radius 2 is 1.70 bits per heavy atom. The zero-order valence-corrected chi connectivity index (χ0v) is 17.0. The van der Waals surface area contributed by atoms with Crippen LogP contribution < -0.4 is 5.32 Å². The zero-order valence-electron chi connectivity index (χ0n) is 17.0. The van der Waals surface area contributed by atoms with Crippen LogP contribution >= 0.6 is 0 Å². The van der Waals surface area contributed by atoms with E-state index in [1.807, 2.05) is 48.5 Å². The van der Waals surface area contributed by atoms with Gasteiger partial charge in [0.1, 0.15) is 5.58 Å². The van der Waals surface area contributed by atoms with Crippen molar-refractivity contribution in [3.63, 3.8) is 0 Å². The minimum absolute atomic E-state index is 0.131. The van der Waals surface area contributed by atoms with E-state index in [0.717, 1.165) is 53.5 Å². The lowest BCUT2D eigenvalue weighted by Crippen LogP contribution is -2.47. The highest BCUT2D eigenvalue weighted by Crippen LogP contribution is 2.30. The number of hydrogen-bond acceptors (Lipinski definition) is 4. The Labute approximate surface area is 175 Å². The molecule has 2 heterocycles. The van der Waals surface area contributed by atoms with Crippen molar-refractivity contribution in [2.24, 2.45) is 0 Å². The largest absolute Gasteiger partial charge is 0.451 e. The summed E-state index contributed by atoms with van der Waals surface area (Å²) in [7, 11) is 0. The third-order valence-corrected chi connectivity index (χ3v) is 6.05. The average molecular weight is 400 g/mol. The number of benzene rings is 2. The van der Waals surface area contributed by atoms with Gasteiger partial charge in [0.05, 0.1) is 6.20 Å². The molecular formula is C25H24N2O3. The smallest absolute Gasteiger partial charge is 0.287 e. The van der Waals surface area contributed by atoms with Crippen LogP contribution in [-0.2, 0) is 0 Å². The van der Waals surface area contributed by atoms with Crippen molar-refractivity contribution in [2.75, 3.05) is 0 Å². The summed E-state index contributed by atoms with van der Waals surface area (Å²) in [5.41, 5.74) is 3.66. The van der Waals surface area contributed by atoms with E-state index in [9.17, 15) is 4.79 Å². The van der Waals surface area contributed by atoms with Crippen molar-refractivity contribution in [1.82, 2.24) is 10.3 Å². The van der Waals surface area contributed by atoms with E-state index in [2.05, 4.69) is 17.2 Å². The standard InChI is InChI=1S/C25H24N2O3/c1-25(11-3-2-4-12-25)27-24(28)22-14-20-10-9-19(13-21(20)30-22)17-5-7-18(8-6-17)23-15-26-16-29-23/h5-10,13-16H,2-4,11-12H2,1H3,(H,27,28). The van der Waals surface area contributed by atoms with Crippen LogP contribution in [0.3, 0.4) is 0 Å². The van der Waals surface area contributed by atoms with E-state index in [0.29, 0.717) is 11.3 Å².